The molecule has 0 saturated heterocycles. The summed E-state index contributed by atoms with van der Waals surface area (Å²) in [7, 11) is 0. The Kier molecular flexibility index (Phi) is 8.57. The van der Waals surface area contributed by atoms with Crippen LogP contribution in [0.1, 0.15) is 60.8 Å². The number of nitrogens with one attached hydrogen (secondary N) is 1. The summed E-state index contributed by atoms with van der Waals surface area (Å²) < 4.78 is 0. The van der Waals surface area contributed by atoms with Gasteiger partial charge in [0, 0.05) is 11.8 Å². The Balaban J connectivity index is 3.89. The van der Waals surface area contributed by atoms with Crippen LogP contribution in [-0.4, -0.2) is 23.6 Å². The molecule has 0 amide bonds. The molecule has 0 aliphatic carbocycles. The van der Waals surface area contributed by atoms with Crippen LogP contribution >= 0.6 is 11.8 Å². The van der Waals surface area contributed by atoms with Crippen molar-refractivity contribution in [2.75, 3.05) is 12.3 Å². The highest BCUT2D eigenvalue weighted by Crippen LogP contribution is 2.23. The fourth-order valence-corrected chi connectivity index (χ4v) is 2.41. The van der Waals surface area contributed by atoms with Gasteiger partial charge in [0.05, 0.1) is 0 Å². The minimum Gasteiger partial charge on any atom is -0.313 e. The highest BCUT2D eigenvalue weighted by atomic mass is 32.2. The van der Waals surface area contributed by atoms with E-state index < -0.39 is 0 Å². The molecular formula is C14H31NS. The molecule has 0 rings (SSSR count). The summed E-state index contributed by atoms with van der Waals surface area (Å²) in [4.78, 5) is 0. The Hall–Kier alpha value is 0.310. The lowest BCUT2D eigenvalue weighted by atomic mass is 9.89. The van der Waals surface area contributed by atoms with Crippen molar-refractivity contribution < 1.29 is 0 Å². The van der Waals surface area contributed by atoms with Crippen molar-refractivity contribution in [1.29, 1.82) is 0 Å². The molecule has 1 unspecified atom stereocenters. The van der Waals surface area contributed by atoms with Gasteiger partial charge in [0.1, 0.15) is 0 Å². The predicted octanol–water partition coefficient (Wildman–Crippen LogP) is 4.32. The molecule has 0 spiro atoms. The average Bonchev–Trinajstić information content (AvgIpc) is 2.15. The third-order valence-electron chi connectivity index (χ3n) is 2.56. The van der Waals surface area contributed by atoms with Crippen molar-refractivity contribution in [3.63, 3.8) is 0 Å². The lowest BCUT2D eigenvalue weighted by molar-refractivity contribution is 0.338. The molecule has 0 radical (unpaired) electrons. The van der Waals surface area contributed by atoms with Gasteiger partial charge in [-0.05, 0) is 36.5 Å². The van der Waals surface area contributed by atoms with E-state index in [-0.39, 0.29) is 0 Å². The van der Waals surface area contributed by atoms with Gasteiger partial charge in [0.15, 0.2) is 0 Å². The summed E-state index contributed by atoms with van der Waals surface area (Å²) in [5, 5.41) is 4.43. The standard InChI is InChI=1S/C14H31NS/c1-7-10-15-13(11-16-12(2)3)8-9-14(4,5)6/h12-13,15H,7-11H2,1-6H3. The van der Waals surface area contributed by atoms with Crippen molar-refractivity contribution in [2.24, 2.45) is 5.41 Å². The van der Waals surface area contributed by atoms with Crippen LogP contribution in [0.4, 0.5) is 0 Å². The molecule has 0 aromatic carbocycles. The topological polar surface area (TPSA) is 12.0 Å². The normalized spacial score (nSPS) is 14.4. The largest absolute Gasteiger partial charge is 0.313 e. The van der Waals surface area contributed by atoms with E-state index in [9.17, 15) is 0 Å². The van der Waals surface area contributed by atoms with Crippen molar-refractivity contribution in [3.05, 3.63) is 0 Å². The maximum absolute atomic E-state index is 3.68. The zero-order valence-electron chi connectivity index (χ0n) is 12.1. The van der Waals surface area contributed by atoms with Crippen LogP contribution in [0.15, 0.2) is 0 Å². The minimum atomic E-state index is 0.467. The zero-order valence-corrected chi connectivity index (χ0v) is 12.9. The quantitative estimate of drug-likeness (QED) is 0.683. The lowest BCUT2D eigenvalue weighted by Crippen LogP contribution is -2.33. The van der Waals surface area contributed by atoms with E-state index in [0.717, 1.165) is 11.8 Å². The Bertz CT molecular complexity index is 161. The molecule has 98 valence electrons. The van der Waals surface area contributed by atoms with Crippen LogP contribution in [0.2, 0.25) is 0 Å². The SMILES string of the molecule is CCCNC(CCC(C)(C)C)CSC(C)C. The first-order chi connectivity index (χ1) is 7.35. The van der Waals surface area contributed by atoms with Gasteiger partial charge in [0.25, 0.3) is 0 Å². The predicted molar refractivity (Wildman–Crippen MR) is 78.4 cm³/mol. The molecule has 0 aromatic heterocycles. The van der Waals surface area contributed by atoms with Gasteiger partial charge < -0.3 is 5.32 Å². The summed E-state index contributed by atoms with van der Waals surface area (Å²) in [6.07, 6.45) is 3.86. The van der Waals surface area contributed by atoms with Crippen LogP contribution in [0.5, 0.6) is 0 Å². The molecule has 16 heavy (non-hydrogen) atoms. The average molecular weight is 245 g/mol. The van der Waals surface area contributed by atoms with Crippen LogP contribution in [-0.2, 0) is 0 Å². The second kappa shape index (κ2) is 8.41. The minimum absolute atomic E-state index is 0.467. The van der Waals surface area contributed by atoms with Gasteiger partial charge >= 0.3 is 0 Å². The van der Waals surface area contributed by atoms with Crippen molar-refractivity contribution in [3.8, 4) is 0 Å². The number of hydrogen-bond acceptors (Lipinski definition) is 2. The maximum atomic E-state index is 3.68. The molecule has 0 fully saturated rings. The van der Waals surface area contributed by atoms with E-state index in [1.807, 2.05) is 0 Å². The van der Waals surface area contributed by atoms with Crippen molar-refractivity contribution in [1.82, 2.24) is 5.32 Å². The maximum Gasteiger partial charge on any atom is 0.0158 e. The zero-order chi connectivity index (χ0) is 12.6. The highest BCUT2D eigenvalue weighted by Gasteiger charge is 2.15. The lowest BCUT2D eigenvalue weighted by Gasteiger charge is -2.24. The van der Waals surface area contributed by atoms with E-state index >= 15 is 0 Å². The first-order valence-corrected chi connectivity index (χ1v) is 7.75. The van der Waals surface area contributed by atoms with Gasteiger partial charge in [-0.2, -0.15) is 11.8 Å². The number of hydrogen-bond donors (Lipinski definition) is 1. The summed E-state index contributed by atoms with van der Waals surface area (Å²) in [6.45, 7) is 15.0. The first kappa shape index (κ1) is 16.3. The first-order valence-electron chi connectivity index (χ1n) is 6.70. The van der Waals surface area contributed by atoms with E-state index in [1.54, 1.807) is 0 Å². The molecule has 0 aromatic rings. The summed E-state index contributed by atoms with van der Waals surface area (Å²) in [6, 6.07) is 0.701. The Morgan fingerprint density at radius 2 is 1.81 bits per heavy atom. The Morgan fingerprint density at radius 1 is 1.19 bits per heavy atom. The third-order valence-corrected chi connectivity index (χ3v) is 3.82. The van der Waals surface area contributed by atoms with Gasteiger partial charge in [-0.25, -0.2) is 0 Å². The van der Waals surface area contributed by atoms with Crippen molar-refractivity contribution >= 4 is 11.8 Å². The molecule has 0 bridgehead atoms. The highest BCUT2D eigenvalue weighted by molar-refractivity contribution is 7.99. The molecule has 0 aliphatic heterocycles. The smallest absolute Gasteiger partial charge is 0.0158 e. The Morgan fingerprint density at radius 3 is 2.25 bits per heavy atom. The molecule has 2 heteroatoms. The number of thioether (sulfide) groups is 1. The summed E-state index contributed by atoms with van der Waals surface area (Å²) >= 11 is 2.08. The van der Waals surface area contributed by atoms with Crippen LogP contribution < -0.4 is 5.32 Å². The van der Waals surface area contributed by atoms with Gasteiger partial charge in [-0.1, -0.05) is 41.5 Å². The number of rotatable bonds is 8. The second-order valence-electron chi connectivity index (χ2n) is 6.13. The van der Waals surface area contributed by atoms with E-state index in [4.69, 9.17) is 0 Å². The van der Waals surface area contributed by atoms with Gasteiger partial charge in [-0.15, -0.1) is 0 Å². The van der Waals surface area contributed by atoms with E-state index in [1.165, 1.54) is 25.0 Å². The van der Waals surface area contributed by atoms with Crippen LogP contribution in [0.25, 0.3) is 0 Å². The molecule has 0 aliphatic rings. The van der Waals surface area contributed by atoms with E-state index in [0.29, 0.717) is 11.5 Å². The van der Waals surface area contributed by atoms with Crippen LogP contribution in [0.3, 0.4) is 0 Å². The summed E-state index contributed by atoms with van der Waals surface area (Å²) in [5.41, 5.74) is 0.467. The molecule has 1 N–H and O–H groups in total. The van der Waals surface area contributed by atoms with Gasteiger partial charge in [0.2, 0.25) is 0 Å². The monoisotopic (exact) mass is 245 g/mol. The fraction of sp³-hybridized carbons (Fsp3) is 1.00. The fourth-order valence-electron chi connectivity index (χ4n) is 1.51. The molecular weight excluding hydrogens is 214 g/mol. The van der Waals surface area contributed by atoms with E-state index in [2.05, 4.69) is 58.6 Å². The molecule has 0 heterocycles. The second-order valence-corrected chi connectivity index (χ2v) is 7.74. The molecule has 1 nitrogen and oxygen atoms in total. The van der Waals surface area contributed by atoms with Crippen LogP contribution in [0, 0.1) is 5.41 Å². The summed E-state index contributed by atoms with van der Waals surface area (Å²) in [5.74, 6) is 1.26. The third kappa shape index (κ3) is 10.8. The van der Waals surface area contributed by atoms with Crippen molar-refractivity contribution in [2.45, 2.75) is 72.1 Å². The molecule has 0 saturated carbocycles. The Labute approximate surface area is 107 Å². The molecule has 1 atom stereocenters. The van der Waals surface area contributed by atoms with Gasteiger partial charge in [-0.3, -0.25) is 0 Å².